The molecule has 2 aromatic rings. The summed E-state index contributed by atoms with van der Waals surface area (Å²) in [6.45, 7) is 19.3. The van der Waals surface area contributed by atoms with Gasteiger partial charge in [0.15, 0.2) is 0 Å². The van der Waals surface area contributed by atoms with E-state index in [9.17, 15) is 10.2 Å². The minimum Gasteiger partial charge on any atom is -0.507 e. The van der Waals surface area contributed by atoms with Crippen molar-refractivity contribution in [3.63, 3.8) is 0 Å². The summed E-state index contributed by atoms with van der Waals surface area (Å²) >= 11 is 0. The first-order valence-electron chi connectivity index (χ1n) is 14.4. The third kappa shape index (κ3) is 7.43. The van der Waals surface area contributed by atoms with Gasteiger partial charge in [0.05, 0.1) is 12.1 Å². The Bertz CT molecular complexity index is 1220. The number of anilines is 1. The molecule has 2 atom stereocenters. The molecule has 2 N–H and O–H groups in total. The molecule has 1 aliphatic rings. The molecule has 0 aliphatic heterocycles. The number of hydrogen-bond acceptors (Lipinski definition) is 5. The van der Waals surface area contributed by atoms with Crippen molar-refractivity contribution < 1.29 is 10.2 Å². The van der Waals surface area contributed by atoms with Crippen molar-refractivity contribution in [3.05, 3.63) is 52.1 Å². The summed E-state index contributed by atoms with van der Waals surface area (Å²) in [6, 6.07) is 8.34. The summed E-state index contributed by atoms with van der Waals surface area (Å²) < 4.78 is 0. The number of aliphatic imine (C=N–C) groups is 2. The molecule has 0 saturated heterocycles. The van der Waals surface area contributed by atoms with Crippen molar-refractivity contribution in [3.8, 4) is 11.5 Å². The lowest BCUT2D eigenvalue weighted by molar-refractivity contribution is 0.390. The molecule has 0 radical (unpaired) electrons. The monoisotopic (exact) mass is 533 g/mol. The Morgan fingerprint density at radius 3 is 1.51 bits per heavy atom. The van der Waals surface area contributed by atoms with Crippen molar-refractivity contribution in [2.45, 2.75) is 116 Å². The van der Waals surface area contributed by atoms with Crippen molar-refractivity contribution in [1.82, 2.24) is 0 Å². The lowest BCUT2D eigenvalue weighted by Crippen LogP contribution is -2.27. The molecule has 0 bridgehead atoms. The number of phenols is 2. The van der Waals surface area contributed by atoms with Gasteiger partial charge >= 0.3 is 0 Å². The van der Waals surface area contributed by atoms with E-state index in [1.807, 2.05) is 32.6 Å². The summed E-state index contributed by atoms with van der Waals surface area (Å²) in [6.07, 6.45) is 7.85. The zero-order valence-electron chi connectivity index (χ0n) is 26.2. The van der Waals surface area contributed by atoms with E-state index in [2.05, 4.69) is 85.4 Å². The Balaban J connectivity index is 1.98. The van der Waals surface area contributed by atoms with Crippen LogP contribution >= 0.6 is 0 Å². The van der Waals surface area contributed by atoms with Crippen LogP contribution in [0.1, 0.15) is 116 Å². The van der Waals surface area contributed by atoms with Crippen LogP contribution in [0.4, 0.5) is 5.69 Å². The highest BCUT2D eigenvalue weighted by Gasteiger charge is 2.27. The van der Waals surface area contributed by atoms with Gasteiger partial charge in [-0.2, -0.15) is 0 Å². The summed E-state index contributed by atoms with van der Waals surface area (Å²) in [7, 11) is 4.03. The predicted molar refractivity (Wildman–Crippen MR) is 168 cm³/mol. The van der Waals surface area contributed by atoms with Crippen molar-refractivity contribution >= 4 is 18.1 Å². The second-order valence-electron chi connectivity index (χ2n) is 14.5. The molecule has 0 aromatic heterocycles. The van der Waals surface area contributed by atoms with Crippen LogP contribution in [0.25, 0.3) is 0 Å². The van der Waals surface area contributed by atoms with Gasteiger partial charge < -0.3 is 15.1 Å². The van der Waals surface area contributed by atoms with Gasteiger partial charge in [0, 0.05) is 54.5 Å². The summed E-state index contributed by atoms with van der Waals surface area (Å²) in [5.74, 6) is 0.613. The van der Waals surface area contributed by atoms with E-state index in [4.69, 9.17) is 9.98 Å². The summed E-state index contributed by atoms with van der Waals surface area (Å²) in [4.78, 5) is 12.1. The third-order valence-corrected chi connectivity index (χ3v) is 7.77. The van der Waals surface area contributed by atoms with Crippen LogP contribution in [-0.2, 0) is 16.2 Å². The minimum absolute atomic E-state index is 0.0329. The Morgan fingerprint density at radius 2 is 1.10 bits per heavy atom. The number of aromatic hydroxyl groups is 2. The van der Waals surface area contributed by atoms with Crippen LogP contribution in [0, 0.1) is 0 Å². The molecule has 214 valence electrons. The molecular weight excluding hydrogens is 482 g/mol. The lowest BCUT2D eigenvalue weighted by Gasteiger charge is -2.28. The van der Waals surface area contributed by atoms with E-state index in [-0.39, 0.29) is 28.3 Å². The maximum absolute atomic E-state index is 11.2. The highest BCUT2D eigenvalue weighted by molar-refractivity contribution is 5.87. The quantitative estimate of drug-likeness (QED) is 0.384. The molecule has 0 heterocycles. The third-order valence-electron chi connectivity index (χ3n) is 7.77. The number of phenolic OH excluding ortho intramolecular Hbond substituents is 2. The maximum Gasteiger partial charge on any atom is 0.128 e. The fourth-order valence-electron chi connectivity index (χ4n) is 5.12. The highest BCUT2D eigenvalue weighted by atomic mass is 16.3. The van der Waals surface area contributed by atoms with E-state index < -0.39 is 0 Å². The lowest BCUT2D eigenvalue weighted by atomic mass is 9.79. The zero-order chi connectivity index (χ0) is 29.3. The largest absolute Gasteiger partial charge is 0.507 e. The molecule has 1 fully saturated rings. The Labute approximate surface area is 237 Å². The van der Waals surface area contributed by atoms with Crippen LogP contribution in [0.2, 0.25) is 0 Å². The Hall–Kier alpha value is -2.82. The molecule has 0 amide bonds. The van der Waals surface area contributed by atoms with Crippen LogP contribution < -0.4 is 4.90 Å². The first-order chi connectivity index (χ1) is 17.9. The van der Waals surface area contributed by atoms with E-state index in [1.54, 1.807) is 0 Å². The van der Waals surface area contributed by atoms with Gasteiger partial charge in [-0.1, -0.05) is 81.2 Å². The van der Waals surface area contributed by atoms with Gasteiger partial charge in [-0.05, 0) is 52.8 Å². The SMILES string of the molecule is CN(C)c1cc(C=NC2CCCCC2N=Cc2cc(C(C)(C)C)cc(C(C)(C)C)c2O)c(O)c(C(C)(C)C)c1. The fourth-order valence-corrected chi connectivity index (χ4v) is 5.12. The smallest absolute Gasteiger partial charge is 0.128 e. The van der Waals surface area contributed by atoms with Crippen LogP contribution in [0.3, 0.4) is 0 Å². The molecule has 2 aromatic carbocycles. The second-order valence-corrected chi connectivity index (χ2v) is 14.5. The molecule has 3 rings (SSSR count). The van der Waals surface area contributed by atoms with E-state index >= 15 is 0 Å². The number of hydrogen-bond donors (Lipinski definition) is 2. The van der Waals surface area contributed by atoms with E-state index in [0.717, 1.165) is 53.6 Å². The van der Waals surface area contributed by atoms with Crippen molar-refractivity contribution in [2.24, 2.45) is 9.98 Å². The average Bonchev–Trinajstić information content (AvgIpc) is 2.80. The molecule has 39 heavy (non-hydrogen) atoms. The Morgan fingerprint density at radius 1 is 0.667 bits per heavy atom. The topological polar surface area (TPSA) is 68.4 Å². The van der Waals surface area contributed by atoms with Gasteiger partial charge in [0.2, 0.25) is 0 Å². The first kappa shape index (κ1) is 30.7. The van der Waals surface area contributed by atoms with Crippen LogP contribution in [0.5, 0.6) is 11.5 Å². The summed E-state index contributed by atoms with van der Waals surface area (Å²) in [5.41, 5.74) is 5.20. The van der Waals surface area contributed by atoms with Gasteiger partial charge in [0.25, 0.3) is 0 Å². The van der Waals surface area contributed by atoms with Crippen LogP contribution in [0.15, 0.2) is 34.3 Å². The fraction of sp³-hybridized carbons (Fsp3) is 0.588. The standard InChI is InChI=1S/C34H51N3O2/c1-32(2,3)24-16-22(30(38)26(18-24)33(4,5)6)20-35-28-14-12-13-15-29(28)36-21-23-17-25(37(10)11)19-27(31(23)39)34(7,8)9/h16-21,28-29,38-39H,12-15H2,1-11H3. The first-order valence-corrected chi connectivity index (χ1v) is 14.4. The Kier molecular flexibility index (Phi) is 8.94. The normalized spacial score (nSPS) is 19.3. The zero-order valence-corrected chi connectivity index (χ0v) is 26.2. The second kappa shape index (κ2) is 11.3. The highest BCUT2D eigenvalue weighted by Crippen LogP contribution is 2.38. The number of nitrogens with zero attached hydrogens (tertiary/aromatic N) is 3. The molecule has 5 nitrogen and oxygen atoms in total. The molecule has 1 saturated carbocycles. The van der Waals surface area contributed by atoms with Gasteiger partial charge in [-0.3, -0.25) is 9.98 Å². The molecule has 2 unspecified atom stereocenters. The van der Waals surface area contributed by atoms with Gasteiger partial charge in [-0.15, -0.1) is 0 Å². The molecular formula is C34H51N3O2. The maximum atomic E-state index is 11.2. The average molecular weight is 534 g/mol. The molecule has 5 heteroatoms. The van der Waals surface area contributed by atoms with Gasteiger partial charge in [0.1, 0.15) is 11.5 Å². The number of benzene rings is 2. The van der Waals surface area contributed by atoms with Crippen LogP contribution in [-0.4, -0.2) is 48.8 Å². The van der Waals surface area contributed by atoms with Crippen molar-refractivity contribution in [2.75, 3.05) is 19.0 Å². The predicted octanol–water partition coefficient (Wildman–Crippen LogP) is 7.91. The molecule has 1 aliphatic carbocycles. The van der Waals surface area contributed by atoms with E-state index in [1.165, 1.54) is 5.56 Å². The van der Waals surface area contributed by atoms with E-state index in [0.29, 0.717) is 11.5 Å². The molecule has 0 spiro atoms. The minimum atomic E-state index is -0.189. The number of rotatable bonds is 5. The van der Waals surface area contributed by atoms with Crippen molar-refractivity contribution in [1.29, 1.82) is 0 Å². The van der Waals surface area contributed by atoms with Gasteiger partial charge in [-0.25, -0.2) is 0 Å². The summed E-state index contributed by atoms with van der Waals surface area (Å²) in [5, 5.41) is 22.3.